The van der Waals surface area contributed by atoms with E-state index in [1.807, 2.05) is 19.9 Å². The minimum Gasteiger partial charge on any atom is -0.489 e. The smallest absolute Gasteiger partial charge is 0.214 e. The molecule has 0 aliphatic heterocycles. The van der Waals surface area contributed by atoms with Gasteiger partial charge >= 0.3 is 0 Å². The Bertz CT molecular complexity index is 653. The fourth-order valence-corrected chi connectivity index (χ4v) is 2.39. The lowest BCUT2D eigenvalue weighted by atomic mass is 10.2. The van der Waals surface area contributed by atoms with E-state index in [0.717, 1.165) is 5.56 Å². The molecule has 0 fully saturated rings. The van der Waals surface area contributed by atoms with Gasteiger partial charge in [0.25, 0.3) is 0 Å². The molecule has 1 aromatic heterocycles. The van der Waals surface area contributed by atoms with E-state index in [2.05, 4.69) is 15.6 Å². The SMILES string of the molecule is CC(C)Oc1c(Cl)cc(Cl)cc1CNn1cn[nH]c1=S. The average Bonchev–Trinajstić information content (AvgIpc) is 2.76. The van der Waals surface area contributed by atoms with Crippen LogP contribution >= 0.6 is 35.4 Å². The summed E-state index contributed by atoms with van der Waals surface area (Å²) in [6.45, 7) is 4.33. The van der Waals surface area contributed by atoms with Crippen LogP contribution in [0.25, 0.3) is 0 Å². The maximum absolute atomic E-state index is 6.19. The quantitative estimate of drug-likeness (QED) is 0.818. The number of rotatable bonds is 5. The highest BCUT2D eigenvalue weighted by atomic mass is 35.5. The molecular formula is C12H14Cl2N4OS. The molecule has 0 aliphatic rings. The van der Waals surface area contributed by atoms with E-state index in [0.29, 0.717) is 27.1 Å². The Hall–Kier alpha value is -1.24. The Kier molecular flexibility index (Phi) is 4.91. The molecule has 20 heavy (non-hydrogen) atoms. The summed E-state index contributed by atoms with van der Waals surface area (Å²) in [5.74, 6) is 0.619. The molecule has 8 heteroatoms. The van der Waals surface area contributed by atoms with Gasteiger partial charge in [0.15, 0.2) is 0 Å². The average molecular weight is 333 g/mol. The van der Waals surface area contributed by atoms with E-state index in [1.165, 1.54) is 0 Å². The predicted molar refractivity (Wildman–Crippen MR) is 82.7 cm³/mol. The maximum atomic E-state index is 6.19. The third-order valence-corrected chi connectivity index (χ3v) is 3.22. The third-order valence-electron chi connectivity index (χ3n) is 2.43. The second kappa shape index (κ2) is 6.47. The van der Waals surface area contributed by atoms with E-state index >= 15 is 0 Å². The third kappa shape index (κ3) is 3.65. The van der Waals surface area contributed by atoms with Gasteiger partial charge in [0.1, 0.15) is 12.1 Å². The summed E-state index contributed by atoms with van der Waals surface area (Å²) in [5, 5.41) is 7.52. The van der Waals surface area contributed by atoms with Gasteiger partial charge in [0, 0.05) is 10.6 Å². The lowest BCUT2D eigenvalue weighted by Crippen LogP contribution is -2.15. The van der Waals surface area contributed by atoms with Crippen LogP contribution in [0.2, 0.25) is 10.0 Å². The minimum atomic E-state index is 0.0171. The van der Waals surface area contributed by atoms with E-state index in [-0.39, 0.29) is 6.10 Å². The molecule has 0 saturated carbocycles. The van der Waals surface area contributed by atoms with Gasteiger partial charge in [0.05, 0.1) is 17.7 Å². The van der Waals surface area contributed by atoms with Gasteiger partial charge in [-0.05, 0) is 38.2 Å². The van der Waals surface area contributed by atoms with Crippen LogP contribution in [0.5, 0.6) is 5.75 Å². The second-order valence-electron chi connectivity index (χ2n) is 4.41. The zero-order valence-electron chi connectivity index (χ0n) is 11.0. The molecular weight excluding hydrogens is 319 g/mol. The maximum Gasteiger partial charge on any atom is 0.214 e. The molecule has 0 radical (unpaired) electrons. The van der Waals surface area contributed by atoms with E-state index in [4.69, 9.17) is 40.2 Å². The van der Waals surface area contributed by atoms with Gasteiger partial charge in [-0.15, -0.1) is 0 Å². The van der Waals surface area contributed by atoms with Crippen LogP contribution in [-0.4, -0.2) is 21.0 Å². The fraction of sp³-hybridized carbons (Fsp3) is 0.333. The Morgan fingerprint density at radius 2 is 2.20 bits per heavy atom. The molecule has 0 aliphatic carbocycles. The van der Waals surface area contributed by atoms with E-state index in [1.54, 1.807) is 17.1 Å². The first-order valence-electron chi connectivity index (χ1n) is 5.98. The van der Waals surface area contributed by atoms with Crippen molar-refractivity contribution in [2.24, 2.45) is 0 Å². The van der Waals surface area contributed by atoms with Crippen molar-refractivity contribution < 1.29 is 4.74 Å². The van der Waals surface area contributed by atoms with Gasteiger partial charge in [-0.2, -0.15) is 5.10 Å². The first-order chi connectivity index (χ1) is 9.47. The summed E-state index contributed by atoms with van der Waals surface area (Å²) in [7, 11) is 0. The minimum absolute atomic E-state index is 0.0171. The highest BCUT2D eigenvalue weighted by Gasteiger charge is 2.12. The second-order valence-corrected chi connectivity index (χ2v) is 5.64. The molecule has 108 valence electrons. The summed E-state index contributed by atoms with van der Waals surface area (Å²) in [6.07, 6.45) is 1.57. The molecule has 0 bridgehead atoms. The molecule has 1 heterocycles. The van der Waals surface area contributed by atoms with Crippen LogP contribution in [0.3, 0.4) is 0 Å². The number of aromatic amines is 1. The number of halogens is 2. The van der Waals surface area contributed by atoms with Crippen molar-refractivity contribution in [1.29, 1.82) is 0 Å². The molecule has 0 saturated heterocycles. The molecule has 2 N–H and O–H groups in total. The van der Waals surface area contributed by atoms with Crippen molar-refractivity contribution in [3.8, 4) is 5.75 Å². The Morgan fingerprint density at radius 1 is 1.45 bits per heavy atom. The number of ether oxygens (including phenoxy) is 1. The summed E-state index contributed by atoms with van der Waals surface area (Å²) >= 11 is 17.3. The number of nitrogens with zero attached hydrogens (tertiary/aromatic N) is 2. The van der Waals surface area contributed by atoms with Crippen LogP contribution < -0.4 is 10.2 Å². The number of hydrogen-bond acceptors (Lipinski definition) is 4. The lowest BCUT2D eigenvalue weighted by molar-refractivity contribution is 0.240. The first-order valence-corrected chi connectivity index (χ1v) is 7.14. The van der Waals surface area contributed by atoms with E-state index < -0.39 is 0 Å². The van der Waals surface area contributed by atoms with Crippen LogP contribution in [0.15, 0.2) is 18.5 Å². The number of nitrogens with one attached hydrogen (secondary N) is 2. The Balaban J connectivity index is 2.25. The van der Waals surface area contributed by atoms with Crippen LogP contribution in [-0.2, 0) is 6.54 Å². The zero-order chi connectivity index (χ0) is 14.7. The van der Waals surface area contributed by atoms with Crippen molar-refractivity contribution in [3.63, 3.8) is 0 Å². The number of aromatic nitrogens is 3. The van der Waals surface area contributed by atoms with Gasteiger partial charge in [0.2, 0.25) is 4.77 Å². The molecule has 1 aromatic carbocycles. The molecule has 5 nitrogen and oxygen atoms in total. The van der Waals surface area contributed by atoms with Crippen molar-refractivity contribution in [2.75, 3.05) is 5.43 Å². The van der Waals surface area contributed by atoms with Gasteiger partial charge in [-0.3, -0.25) is 5.10 Å². The van der Waals surface area contributed by atoms with Crippen molar-refractivity contribution >= 4 is 35.4 Å². The highest BCUT2D eigenvalue weighted by molar-refractivity contribution is 7.71. The van der Waals surface area contributed by atoms with Crippen LogP contribution in [0.1, 0.15) is 19.4 Å². The standard InChI is InChI=1S/C12H14Cl2N4OS/c1-7(2)19-11-8(3-9(13)4-10(11)14)5-16-18-6-15-17-12(18)20/h3-4,6-7,16H,5H2,1-2H3,(H,17,20). The van der Waals surface area contributed by atoms with Crippen LogP contribution in [0.4, 0.5) is 0 Å². The first kappa shape index (κ1) is 15.2. The van der Waals surface area contributed by atoms with Crippen LogP contribution in [0, 0.1) is 4.77 Å². The fourth-order valence-electron chi connectivity index (χ4n) is 1.64. The van der Waals surface area contributed by atoms with E-state index in [9.17, 15) is 0 Å². The molecule has 2 aromatic rings. The van der Waals surface area contributed by atoms with Crippen molar-refractivity contribution in [2.45, 2.75) is 26.5 Å². The number of benzene rings is 1. The molecule has 0 atom stereocenters. The summed E-state index contributed by atoms with van der Waals surface area (Å²) in [4.78, 5) is 0. The number of hydrogen-bond donors (Lipinski definition) is 2. The normalized spacial score (nSPS) is 10.8. The molecule has 0 unspecified atom stereocenters. The summed E-state index contributed by atoms with van der Waals surface area (Å²) in [5.41, 5.74) is 3.95. The monoisotopic (exact) mass is 332 g/mol. The lowest BCUT2D eigenvalue weighted by Gasteiger charge is -2.17. The van der Waals surface area contributed by atoms with Gasteiger partial charge in [-0.25, -0.2) is 4.68 Å². The summed E-state index contributed by atoms with van der Waals surface area (Å²) < 4.78 is 7.82. The summed E-state index contributed by atoms with van der Waals surface area (Å²) in [6, 6.07) is 3.47. The van der Waals surface area contributed by atoms with Crippen molar-refractivity contribution in [1.82, 2.24) is 14.9 Å². The van der Waals surface area contributed by atoms with Gasteiger partial charge < -0.3 is 10.2 Å². The topological polar surface area (TPSA) is 54.9 Å². The Morgan fingerprint density at radius 3 is 2.80 bits per heavy atom. The van der Waals surface area contributed by atoms with Crippen molar-refractivity contribution in [3.05, 3.63) is 38.8 Å². The Labute approximate surface area is 131 Å². The predicted octanol–water partition coefficient (Wildman–Crippen LogP) is 3.78. The highest BCUT2D eigenvalue weighted by Crippen LogP contribution is 2.33. The number of H-pyrrole nitrogens is 1. The molecule has 0 amide bonds. The zero-order valence-corrected chi connectivity index (χ0v) is 13.3. The molecule has 2 rings (SSSR count). The molecule has 0 spiro atoms. The largest absolute Gasteiger partial charge is 0.489 e. The van der Waals surface area contributed by atoms with Gasteiger partial charge in [-0.1, -0.05) is 23.2 Å².